The molecule has 0 aliphatic rings. The van der Waals surface area contributed by atoms with E-state index in [4.69, 9.17) is 4.98 Å². The van der Waals surface area contributed by atoms with E-state index >= 15 is 0 Å². The van der Waals surface area contributed by atoms with Gasteiger partial charge in [-0.2, -0.15) is 0 Å². The Kier molecular flexibility index (Phi) is 6.71. The molecular formula is C41H28N2S. The quantitative estimate of drug-likeness (QED) is 0.194. The number of hydrogen-bond donors (Lipinski definition) is 0. The Morgan fingerprint density at radius 3 is 1.68 bits per heavy atom. The number of fused-ring (bicyclic) bond motifs is 3. The number of pyridine rings is 1. The Balaban J connectivity index is 1.24. The lowest BCUT2D eigenvalue weighted by Crippen LogP contribution is -2.12. The van der Waals surface area contributed by atoms with Gasteiger partial charge in [-0.1, -0.05) is 133 Å². The van der Waals surface area contributed by atoms with Crippen LogP contribution in [0.2, 0.25) is 0 Å². The third-order valence-corrected chi connectivity index (χ3v) is 9.28. The summed E-state index contributed by atoms with van der Waals surface area (Å²) in [6.45, 7) is 0. The summed E-state index contributed by atoms with van der Waals surface area (Å²) in [5, 5.41) is 2.50. The number of benzene rings is 6. The highest BCUT2D eigenvalue weighted by Gasteiger charge is 2.19. The average molecular weight is 581 g/mol. The minimum Gasteiger partial charge on any atom is -0.294 e. The van der Waals surface area contributed by atoms with Gasteiger partial charge in [-0.05, 0) is 58.1 Å². The second kappa shape index (κ2) is 11.3. The molecule has 3 heteroatoms. The number of aromatic nitrogens is 1. The van der Waals surface area contributed by atoms with Gasteiger partial charge >= 0.3 is 0 Å². The maximum atomic E-state index is 5.05. The number of hydrogen-bond acceptors (Lipinski definition) is 3. The Bertz CT molecular complexity index is 2200. The first kappa shape index (κ1) is 26.1. The normalized spacial score (nSPS) is 11.2. The van der Waals surface area contributed by atoms with Gasteiger partial charge in [-0.15, -0.1) is 11.3 Å². The van der Waals surface area contributed by atoms with Crippen molar-refractivity contribution in [3.8, 4) is 33.4 Å². The molecular weight excluding hydrogens is 553 g/mol. The fourth-order valence-corrected chi connectivity index (χ4v) is 7.01. The summed E-state index contributed by atoms with van der Waals surface area (Å²) in [4.78, 5) is 7.33. The first-order chi connectivity index (χ1) is 21.8. The van der Waals surface area contributed by atoms with Crippen LogP contribution in [0.1, 0.15) is 0 Å². The molecule has 8 aromatic rings. The summed E-state index contributed by atoms with van der Waals surface area (Å²) < 4.78 is 2.47. The van der Waals surface area contributed by atoms with Gasteiger partial charge < -0.3 is 0 Å². The molecule has 0 amide bonds. The molecule has 2 heterocycles. The zero-order chi connectivity index (χ0) is 29.3. The molecule has 0 radical (unpaired) electrons. The lowest BCUT2D eigenvalue weighted by molar-refractivity contribution is 1.20. The highest BCUT2D eigenvalue weighted by molar-refractivity contribution is 7.25. The van der Waals surface area contributed by atoms with Crippen molar-refractivity contribution in [1.82, 2.24) is 4.98 Å². The molecule has 0 aliphatic heterocycles. The zero-order valence-corrected chi connectivity index (χ0v) is 24.8. The molecule has 0 fully saturated rings. The van der Waals surface area contributed by atoms with Crippen LogP contribution in [-0.4, -0.2) is 4.98 Å². The molecule has 0 bridgehead atoms. The summed E-state index contributed by atoms with van der Waals surface area (Å²) in [6.07, 6.45) is 2.02. The van der Waals surface area contributed by atoms with E-state index in [1.54, 1.807) is 11.3 Å². The van der Waals surface area contributed by atoms with Crippen LogP contribution in [0.5, 0.6) is 0 Å². The highest BCUT2D eigenvalue weighted by Crippen LogP contribution is 2.43. The summed E-state index contributed by atoms with van der Waals surface area (Å²) in [5.74, 6) is 0.893. The molecule has 0 atom stereocenters. The Hall–Kier alpha value is -5.51. The van der Waals surface area contributed by atoms with Gasteiger partial charge in [0, 0.05) is 32.9 Å². The van der Waals surface area contributed by atoms with Crippen molar-refractivity contribution < 1.29 is 0 Å². The van der Waals surface area contributed by atoms with E-state index in [1.165, 1.54) is 48.0 Å². The second-order valence-corrected chi connectivity index (χ2v) is 11.9. The smallest absolute Gasteiger partial charge is 0.138 e. The molecule has 0 saturated heterocycles. The topological polar surface area (TPSA) is 16.1 Å². The fourth-order valence-electron chi connectivity index (χ4n) is 5.96. The Labute approximate surface area is 261 Å². The van der Waals surface area contributed by atoms with E-state index < -0.39 is 0 Å². The number of nitrogens with zero attached hydrogens (tertiary/aromatic N) is 2. The molecule has 0 unspecified atom stereocenters. The van der Waals surface area contributed by atoms with Crippen LogP contribution < -0.4 is 4.90 Å². The van der Waals surface area contributed by atoms with Crippen LogP contribution in [0.25, 0.3) is 53.6 Å². The van der Waals surface area contributed by atoms with E-state index in [9.17, 15) is 0 Å². The van der Waals surface area contributed by atoms with E-state index in [2.05, 4.69) is 169 Å². The predicted molar refractivity (Wildman–Crippen MR) is 188 cm³/mol. The standard InChI is InChI=1S/C41H28N2S/c1-3-11-29(12-4-1)30-19-21-31(22-20-30)32-23-25-34(26-24-32)43(38-17-9-7-15-35(38)33-13-5-2-6-14-33)41-27-37-36-16-8-10-18-39(36)44-40(37)28-42-41/h1-28H. The SMILES string of the molecule is c1ccc(-c2ccc(-c3ccc(N(c4cc5c(cn4)sc4ccccc45)c4ccccc4-c4ccccc4)cc3)cc2)cc1. The van der Waals surface area contributed by atoms with Crippen molar-refractivity contribution >= 4 is 48.7 Å². The molecule has 2 aromatic heterocycles. The van der Waals surface area contributed by atoms with E-state index in [0.717, 1.165) is 22.8 Å². The van der Waals surface area contributed by atoms with Crippen molar-refractivity contribution in [3.63, 3.8) is 0 Å². The summed E-state index contributed by atoms with van der Waals surface area (Å²) in [6, 6.07) is 58.2. The van der Waals surface area contributed by atoms with Crippen molar-refractivity contribution in [2.24, 2.45) is 0 Å². The molecule has 8 rings (SSSR count). The van der Waals surface area contributed by atoms with Crippen LogP contribution in [-0.2, 0) is 0 Å². The number of thiophene rings is 1. The molecule has 0 aliphatic carbocycles. The molecule has 0 N–H and O–H groups in total. The Morgan fingerprint density at radius 2 is 0.977 bits per heavy atom. The summed E-state index contributed by atoms with van der Waals surface area (Å²) in [7, 11) is 0. The molecule has 208 valence electrons. The maximum absolute atomic E-state index is 5.05. The monoisotopic (exact) mass is 580 g/mol. The van der Waals surface area contributed by atoms with Crippen molar-refractivity contribution in [2.45, 2.75) is 0 Å². The summed E-state index contributed by atoms with van der Waals surface area (Å²) >= 11 is 1.79. The lowest BCUT2D eigenvalue weighted by atomic mass is 9.99. The minimum absolute atomic E-state index is 0.893. The van der Waals surface area contributed by atoms with E-state index in [0.29, 0.717) is 0 Å². The van der Waals surface area contributed by atoms with Gasteiger partial charge in [0.25, 0.3) is 0 Å². The molecule has 0 spiro atoms. The van der Waals surface area contributed by atoms with Crippen molar-refractivity contribution in [2.75, 3.05) is 4.90 Å². The molecule has 2 nitrogen and oxygen atoms in total. The first-order valence-corrected chi connectivity index (χ1v) is 15.6. The van der Waals surface area contributed by atoms with Gasteiger partial charge in [0.15, 0.2) is 0 Å². The largest absolute Gasteiger partial charge is 0.294 e. The van der Waals surface area contributed by atoms with Gasteiger partial charge in [0.2, 0.25) is 0 Å². The van der Waals surface area contributed by atoms with Gasteiger partial charge in [-0.3, -0.25) is 4.90 Å². The third-order valence-electron chi connectivity index (χ3n) is 8.16. The van der Waals surface area contributed by atoms with Crippen LogP contribution in [0.4, 0.5) is 17.2 Å². The van der Waals surface area contributed by atoms with Crippen LogP contribution >= 0.6 is 11.3 Å². The number of rotatable bonds is 6. The van der Waals surface area contributed by atoms with Crippen molar-refractivity contribution in [3.05, 3.63) is 170 Å². The fraction of sp³-hybridized carbons (Fsp3) is 0. The zero-order valence-electron chi connectivity index (χ0n) is 24.0. The highest BCUT2D eigenvalue weighted by atomic mass is 32.1. The summed E-state index contributed by atoms with van der Waals surface area (Å²) in [5.41, 5.74) is 9.29. The average Bonchev–Trinajstić information content (AvgIpc) is 3.48. The molecule has 44 heavy (non-hydrogen) atoms. The van der Waals surface area contributed by atoms with Crippen LogP contribution in [0.15, 0.2) is 170 Å². The molecule has 0 saturated carbocycles. The maximum Gasteiger partial charge on any atom is 0.138 e. The van der Waals surface area contributed by atoms with Crippen LogP contribution in [0.3, 0.4) is 0 Å². The van der Waals surface area contributed by atoms with Crippen LogP contribution in [0, 0.1) is 0 Å². The minimum atomic E-state index is 0.893. The van der Waals surface area contributed by atoms with Gasteiger partial charge in [0.1, 0.15) is 5.82 Å². The van der Waals surface area contributed by atoms with E-state index in [-0.39, 0.29) is 0 Å². The van der Waals surface area contributed by atoms with Gasteiger partial charge in [-0.25, -0.2) is 4.98 Å². The number of anilines is 3. The molecule has 6 aromatic carbocycles. The van der Waals surface area contributed by atoms with E-state index in [1.807, 2.05) is 6.20 Å². The second-order valence-electron chi connectivity index (χ2n) is 10.8. The number of para-hydroxylation sites is 1. The Morgan fingerprint density at radius 1 is 0.432 bits per heavy atom. The predicted octanol–water partition coefficient (Wildman–Crippen LogP) is 11.9. The lowest BCUT2D eigenvalue weighted by Gasteiger charge is -2.27. The third kappa shape index (κ3) is 4.84. The van der Waals surface area contributed by atoms with Gasteiger partial charge in [0.05, 0.1) is 10.4 Å². The first-order valence-electron chi connectivity index (χ1n) is 14.8. The van der Waals surface area contributed by atoms with Crippen molar-refractivity contribution in [1.29, 1.82) is 0 Å².